The molecule has 0 spiro atoms. The zero-order valence-corrected chi connectivity index (χ0v) is 9.49. The third-order valence-electron chi connectivity index (χ3n) is 1.84. The second-order valence-corrected chi connectivity index (χ2v) is 4.00. The molecule has 0 saturated carbocycles. The van der Waals surface area contributed by atoms with Crippen molar-refractivity contribution in [3.8, 4) is 0 Å². The summed E-state index contributed by atoms with van der Waals surface area (Å²) < 4.78 is 0. The lowest BCUT2D eigenvalue weighted by Gasteiger charge is -2.31. The minimum absolute atomic E-state index is 0.318. The molecule has 1 rings (SSSR count). The van der Waals surface area contributed by atoms with Crippen LogP contribution in [0.15, 0.2) is 12.2 Å². The molecule has 1 aliphatic rings. The van der Waals surface area contributed by atoms with Crippen molar-refractivity contribution in [2.75, 3.05) is 19.6 Å². The predicted octanol–water partition coefficient (Wildman–Crippen LogP) is -0.330. The molecule has 0 aromatic rings. The summed E-state index contributed by atoms with van der Waals surface area (Å²) in [5, 5.41) is 22.3. The van der Waals surface area contributed by atoms with Crippen molar-refractivity contribution in [2.24, 2.45) is 0 Å². The molecule has 1 heterocycles. The highest BCUT2D eigenvalue weighted by Gasteiger charge is 2.18. The highest BCUT2D eigenvalue weighted by Crippen LogP contribution is 2.00. The molecule has 0 unspecified atom stereocenters. The van der Waals surface area contributed by atoms with E-state index in [9.17, 15) is 9.59 Å². The first-order valence-corrected chi connectivity index (χ1v) is 4.93. The molecular weight excluding hydrogens is 212 g/mol. The fourth-order valence-corrected chi connectivity index (χ4v) is 1.10. The van der Waals surface area contributed by atoms with E-state index in [1.807, 2.05) is 0 Å². The fourth-order valence-electron chi connectivity index (χ4n) is 1.10. The molecule has 0 aromatic heterocycles. The largest absolute Gasteiger partial charge is 0.478 e. The summed E-state index contributed by atoms with van der Waals surface area (Å²) in [6.07, 6.45) is 1.12. The van der Waals surface area contributed by atoms with Gasteiger partial charge in [-0.1, -0.05) is 0 Å². The van der Waals surface area contributed by atoms with Gasteiger partial charge in [0.15, 0.2) is 0 Å². The van der Waals surface area contributed by atoms with Gasteiger partial charge in [-0.05, 0) is 13.8 Å². The third kappa shape index (κ3) is 9.17. The average molecular weight is 230 g/mol. The van der Waals surface area contributed by atoms with Crippen molar-refractivity contribution < 1.29 is 19.8 Å². The van der Waals surface area contributed by atoms with Crippen molar-refractivity contribution in [1.82, 2.24) is 10.6 Å². The smallest absolute Gasteiger partial charge is 0.328 e. The molecule has 0 aliphatic carbocycles. The number of rotatable bonds is 2. The summed E-state index contributed by atoms with van der Waals surface area (Å²) in [4.78, 5) is 19.1. The topological polar surface area (TPSA) is 98.7 Å². The molecular formula is C10H18N2O4. The number of carbonyl (C=O) groups is 2. The Kier molecular flexibility index (Phi) is 6.36. The van der Waals surface area contributed by atoms with Gasteiger partial charge in [-0.3, -0.25) is 0 Å². The summed E-state index contributed by atoms with van der Waals surface area (Å²) >= 11 is 0. The van der Waals surface area contributed by atoms with Crippen LogP contribution in [0.3, 0.4) is 0 Å². The van der Waals surface area contributed by atoms with Crippen molar-refractivity contribution in [1.29, 1.82) is 0 Å². The Bertz CT molecular complexity index is 250. The zero-order chi connectivity index (χ0) is 12.6. The SMILES string of the molecule is CC1(C)CNCCN1.O=C(O)/C=C/C(=O)O. The van der Waals surface area contributed by atoms with E-state index >= 15 is 0 Å². The van der Waals surface area contributed by atoms with Crippen molar-refractivity contribution in [3.05, 3.63) is 12.2 Å². The number of nitrogens with one attached hydrogen (secondary N) is 2. The standard InChI is InChI=1S/C6H14N2.C4H4O4/c1-6(2)5-7-3-4-8-6;5-3(6)1-2-4(7)8/h7-8H,3-5H2,1-2H3;1-2H,(H,5,6)(H,7,8)/b;2-1+. The summed E-state index contributed by atoms with van der Waals surface area (Å²) in [6, 6.07) is 0. The van der Waals surface area contributed by atoms with Crippen LogP contribution in [0.4, 0.5) is 0 Å². The Labute approximate surface area is 94.3 Å². The number of hydrogen-bond acceptors (Lipinski definition) is 4. The fraction of sp³-hybridized carbons (Fsp3) is 0.600. The van der Waals surface area contributed by atoms with Gasteiger partial charge in [0.05, 0.1) is 0 Å². The average Bonchev–Trinajstić information content (AvgIpc) is 2.15. The third-order valence-corrected chi connectivity index (χ3v) is 1.84. The predicted molar refractivity (Wildman–Crippen MR) is 59.4 cm³/mol. The van der Waals surface area contributed by atoms with Gasteiger partial charge in [0.1, 0.15) is 0 Å². The Morgan fingerprint density at radius 3 is 1.81 bits per heavy atom. The second-order valence-electron chi connectivity index (χ2n) is 4.00. The van der Waals surface area contributed by atoms with Crippen LogP contribution >= 0.6 is 0 Å². The highest BCUT2D eigenvalue weighted by atomic mass is 16.4. The van der Waals surface area contributed by atoms with E-state index in [-0.39, 0.29) is 0 Å². The molecule has 1 saturated heterocycles. The molecule has 16 heavy (non-hydrogen) atoms. The molecule has 6 nitrogen and oxygen atoms in total. The van der Waals surface area contributed by atoms with Gasteiger partial charge in [-0.15, -0.1) is 0 Å². The van der Waals surface area contributed by atoms with Crippen molar-refractivity contribution >= 4 is 11.9 Å². The van der Waals surface area contributed by atoms with Crippen LogP contribution in [0.2, 0.25) is 0 Å². The van der Waals surface area contributed by atoms with Gasteiger partial charge in [0.2, 0.25) is 0 Å². The van der Waals surface area contributed by atoms with Crippen molar-refractivity contribution in [3.63, 3.8) is 0 Å². The van der Waals surface area contributed by atoms with Crippen LogP contribution in [0.5, 0.6) is 0 Å². The highest BCUT2D eigenvalue weighted by molar-refractivity contribution is 5.89. The van der Waals surface area contributed by atoms with E-state index in [1.54, 1.807) is 0 Å². The van der Waals surface area contributed by atoms with Gasteiger partial charge in [-0.25, -0.2) is 9.59 Å². The van der Waals surface area contributed by atoms with Crippen LogP contribution in [0, 0.1) is 0 Å². The molecule has 1 fully saturated rings. The summed E-state index contributed by atoms with van der Waals surface area (Å²) in [5.41, 5.74) is 0.318. The van der Waals surface area contributed by atoms with Gasteiger partial charge in [-0.2, -0.15) is 0 Å². The molecule has 0 amide bonds. The van der Waals surface area contributed by atoms with Crippen LogP contribution in [0.25, 0.3) is 0 Å². The van der Waals surface area contributed by atoms with E-state index in [4.69, 9.17) is 10.2 Å². The minimum atomic E-state index is -1.26. The molecule has 6 heteroatoms. The second kappa shape index (κ2) is 6.97. The van der Waals surface area contributed by atoms with Gasteiger partial charge in [0.25, 0.3) is 0 Å². The Balaban J connectivity index is 0.000000281. The lowest BCUT2D eigenvalue weighted by molar-refractivity contribution is -0.134. The summed E-state index contributed by atoms with van der Waals surface area (Å²) in [7, 11) is 0. The molecule has 0 aromatic carbocycles. The number of aliphatic carboxylic acids is 2. The van der Waals surface area contributed by atoms with Gasteiger partial charge in [0, 0.05) is 37.3 Å². The first kappa shape index (κ1) is 14.6. The van der Waals surface area contributed by atoms with E-state index < -0.39 is 11.9 Å². The Morgan fingerprint density at radius 2 is 1.62 bits per heavy atom. The van der Waals surface area contributed by atoms with E-state index in [0.29, 0.717) is 17.7 Å². The van der Waals surface area contributed by atoms with E-state index in [0.717, 1.165) is 19.6 Å². The summed E-state index contributed by atoms with van der Waals surface area (Å²) in [6.45, 7) is 7.72. The zero-order valence-electron chi connectivity index (χ0n) is 9.49. The lowest BCUT2D eigenvalue weighted by Crippen LogP contribution is -2.55. The lowest BCUT2D eigenvalue weighted by atomic mass is 10.0. The quantitative estimate of drug-likeness (QED) is 0.485. The van der Waals surface area contributed by atoms with Gasteiger partial charge >= 0.3 is 11.9 Å². The van der Waals surface area contributed by atoms with E-state index in [1.165, 1.54) is 0 Å². The van der Waals surface area contributed by atoms with Gasteiger partial charge < -0.3 is 20.8 Å². The maximum atomic E-state index is 9.55. The maximum absolute atomic E-state index is 9.55. The molecule has 0 radical (unpaired) electrons. The number of hydrogen-bond donors (Lipinski definition) is 4. The number of piperazine rings is 1. The molecule has 92 valence electrons. The molecule has 0 atom stereocenters. The first-order valence-electron chi connectivity index (χ1n) is 4.93. The van der Waals surface area contributed by atoms with Crippen molar-refractivity contribution in [2.45, 2.75) is 19.4 Å². The van der Waals surface area contributed by atoms with Crippen LogP contribution in [-0.2, 0) is 9.59 Å². The molecule has 0 bridgehead atoms. The number of carboxylic acids is 2. The Hall–Kier alpha value is -1.40. The molecule has 1 aliphatic heterocycles. The molecule has 4 N–H and O–H groups in total. The van der Waals surface area contributed by atoms with E-state index in [2.05, 4.69) is 24.5 Å². The number of carboxylic acid groups (broad SMARTS) is 2. The van der Waals surface area contributed by atoms with Crippen LogP contribution in [0.1, 0.15) is 13.8 Å². The van der Waals surface area contributed by atoms with Crippen LogP contribution < -0.4 is 10.6 Å². The minimum Gasteiger partial charge on any atom is -0.478 e. The Morgan fingerprint density at radius 1 is 1.12 bits per heavy atom. The first-order chi connectivity index (χ1) is 7.33. The normalized spacial score (nSPS) is 18.6. The summed E-state index contributed by atoms with van der Waals surface area (Å²) in [5.74, 6) is -2.51. The van der Waals surface area contributed by atoms with Crippen LogP contribution in [-0.4, -0.2) is 47.3 Å². The monoisotopic (exact) mass is 230 g/mol. The maximum Gasteiger partial charge on any atom is 0.328 e.